The van der Waals surface area contributed by atoms with Gasteiger partial charge in [0.2, 0.25) is 10.0 Å². The van der Waals surface area contributed by atoms with Crippen molar-refractivity contribution in [2.24, 2.45) is 0 Å². The molecule has 2 N–H and O–H groups in total. The predicted octanol–water partition coefficient (Wildman–Crippen LogP) is 1.31. The maximum atomic E-state index is 11.9. The van der Waals surface area contributed by atoms with Gasteiger partial charge in [-0.3, -0.25) is 14.9 Å². The Bertz CT molecular complexity index is 673. The second-order valence-electron chi connectivity index (χ2n) is 3.99. The minimum atomic E-state index is -4.22. The average Bonchev–Trinajstić information content (AvgIpc) is 2.31. The molecule has 0 aliphatic carbocycles. The van der Waals surface area contributed by atoms with E-state index in [9.17, 15) is 23.3 Å². The van der Waals surface area contributed by atoms with E-state index in [2.05, 4.69) is 0 Å². The van der Waals surface area contributed by atoms with E-state index in [-0.39, 0.29) is 10.6 Å². The first-order valence-electron chi connectivity index (χ1n) is 5.26. The molecule has 1 rings (SSSR count). The summed E-state index contributed by atoms with van der Waals surface area (Å²) in [6.45, 7) is 2.51. The van der Waals surface area contributed by atoms with Crippen LogP contribution in [0.5, 0.6) is 0 Å². The summed E-state index contributed by atoms with van der Waals surface area (Å²) in [5.74, 6) is -1.37. The van der Waals surface area contributed by atoms with Gasteiger partial charge in [0.05, 0.1) is 14.8 Å². The third-order valence-electron chi connectivity index (χ3n) is 2.50. The van der Waals surface area contributed by atoms with Crippen LogP contribution in [0.1, 0.15) is 12.5 Å². The first kappa shape index (κ1) is 16.3. The Morgan fingerprint density at radius 2 is 2.05 bits per heavy atom. The van der Waals surface area contributed by atoms with Crippen LogP contribution in [0.15, 0.2) is 17.0 Å². The van der Waals surface area contributed by atoms with Gasteiger partial charge in [0.15, 0.2) is 0 Å². The van der Waals surface area contributed by atoms with Crippen molar-refractivity contribution in [3.63, 3.8) is 0 Å². The lowest BCUT2D eigenvalue weighted by atomic mass is 10.2. The van der Waals surface area contributed by atoms with Crippen molar-refractivity contribution in [2.45, 2.75) is 24.8 Å². The molecule has 10 heteroatoms. The quantitative estimate of drug-likeness (QED) is 0.621. The molecule has 0 unspecified atom stereocenters. The number of sulfonamides is 1. The first-order valence-corrected chi connectivity index (χ1v) is 7.12. The number of hydrogen-bond acceptors (Lipinski definition) is 5. The molecule has 110 valence electrons. The molecule has 0 spiro atoms. The molecule has 0 heterocycles. The molecule has 1 aromatic rings. The summed E-state index contributed by atoms with van der Waals surface area (Å²) in [5.41, 5.74) is -0.331. The number of nitro groups is 1. The van der Waals surface area contributed by atoms with Crippen LogP contribution in [0.2, 0.25) is 5.02 Å². The van der Waals surface area contributed by atoms with E-state index in [4.69, 9.17) is 16.7 Å². The average molecular weight is 323 g/mol. The molecule has 0 saturated carbocycles. The molecule has 0 radical (unpaired) electrons. The summed E-state index contributed by atoms with van der Waals surface area (Å²) in [5, 5.41) is 19.4. The Balaban J connectivity index is 3.33. The van der Waals surface area contributed by atoms with Gasteiger partial charge in [-0.15, -0.1) is 0 Å². The highest BCUT2D eigenvalue weighted by Gasteiger charge is 2.25. The highest BCUT2D eigenvalue weighted by atomic mass is 35.5. The number of nitrogens with one attached hydrogen (secondary N) is 1. The Labute approximate surface area is 119 Å². The Hall–Kier alpha value is -1.71. The topological polar surface area (TPSA) is 127 Å². The van der Waals surface area contributed by atoms with E-state index in [1.165, 1.54) is 6.92 Å². The van der Waals surface area contributed by atoms with Crippen LogP contribution in [0.4, 0.5) is 5.69 Å². The van der Waals surface area contributed by atoms with Gasteiger partial charge in [-0.2, -0.15) is 4.72 Å². The smallest absolute Gasteiger partial charge is 0.321 e. The van der Waals surface area contributed by atoms with Gasteiger partial charge in [-0.05, 0) is 19.9 Å². The third-order valence-corrected chi connectivity index (χ3v) is 4.41. The molecule has 0 bridgehead atoms. The summed E-state index contributed by atoms with van der Waals surface area (Å²) >= 11 is 5.76. The fraction of sp³-hybridized carbons (Fsp3) is 0.300. The highest BCUT2D eigenvalue weighted by molar-refractivity contribution is 7.89. The largest absolute Gasteiger partial charge is 0.480 e. The molecule has 20 heavy (non-hydrogen) atoms. The lowest BCUT2D eigenvalue weighted by Gasteiger charge is -2.11. The Kier molecular flexibility index (Phi) is 4.69. The van der Waals surface area contributed by atoms with E-state index in [1.54, 1.807) is 0 Å². The van der Waals surface area contributed by atoms with Gasteiger partial charge in [-0.1, -0.05) is 11.6 Å². The standard InChI is InChI=1S/C10H11ClN2O6S/c1-5-8(11)3-7(4-9(5)13(16)17)20(18,19)12-6(2)10(14)15/h3-4,6,12H,1-2H3,(H,14,15)/t6-/m0/s1. The Morgan fingerprint density at radius 3 is 2.50 bits per heavy atom. The summed E-state index contributed by atoms with van der Waals surface area (Å²) in [6, 6.07) is 0.484. The Morgan fingerprint density at radius 1 is 1.50 bits per heavy atom. The van der Waals surface area contributed by atoms with Crippen LogP contribution < -0.4 is 4.72 Å². The molecular weight excluding hydrogens is 312 g/mol. The van der Waals surface area contributed by atoms with Gasteiger partial charge < -0.3 is 5.11 Å². The van der Waals surface area contributed by atoms with Crippen molar-refractivity contribution < 1.29 is 23.2 Å². The van der Waals surface area contributed by atoms with Gasteiger partial charge in [0, 0.05) is 11.6 Å². The van der Waals surface area contributed by atoms with Crippen LogP contribution >= 0.6 is 11.6 Å². The second kappa shape index (κ2) is 5.73. The molecular formula is C10H11ClN2O6S. The fourth-order valence-corrected chi connectivity index (χ4v) is 2.86. The van der Waals surface area contributed by atoms with Crippen molar-refractivity contribution in [3.05, 3.63) is 32.8 Å². The molecule has 0 amide bonds. The molecule has 0 saturated heterocycles. The minimum Gasteiger partial charge on any atom is -0.480 e. The third kappa shape index (κ3) is 3.44. The normalized spacial score (nSPS) is 12.9. The monoisotopic (exact) mass is 322 g/mol. The number of nitro benzene ring substituents is 1. The number of carboxylic acid groups (broad SMARTS) is 1. The summed E-state index contributed by atoms with van der Waals surface area (Å²) in [7, 11) is -4.22. The summed E-state index contributed by atoms with van der Waals surface area (Å²) < 4.78 is 25.7. The molecule has 0 aliphatic heterocycles. The SMILES string of the molecule is Cc1c(Cl)cc(S(=O)(=O)N[C@@H](C)C(=O)O)cc1[N+](=O)[O-]. The maximum Gasteiger partial charge on any atom is 0.321 e. The lowest BCUT2D eigenvalue weighted by molar-refractivity contribution is -0.385. The number of halogens is 1. The number of carboxylic acids is 1. The zero-order chi connectivity index (χ0) is 15.7. The number of carbonyl (C=O) groups is 1. The van der Waals surface area contributed by atoms with E-state index in [0.29, 0.717) is 0 Å². The molecule has 0 fully saturated rings. The van der Waals surface area contributed by atoms with E-state index >= 15 is 0 Å². The first-order chi connectivity index (χ1) is 9.06. The zero-order valence-electron chi connectivity index (χ0n) is 10.5. The minimum absolute atomic E-state index is 0.0949. The van der Waals surface area contributed by atoms with Gasteiger partial charge in [0.25, 0.3) is 5.69 Å². The second-order valence-corrected chi connectivity index (χ2v) is 6.11. The number of rotatable bonds is 5. The fourth-order valence-electron chi connectivity index (χ4n) is 1.34. The number of benzene rings is 1. The summed E-state index contributed by atoms with van der Waals surface area (Å²) in [4.78, 5) is 20.2. The summed E-state index contributed by atoms with van der Waals surface area (Å²) in [6.07, 6.45) is 0. The number of aliphatic carboxylic acids is 1. The van der Waals surface area contributed by atoms with Gasteiger partial charge in [-0.25, -0.2) is 8.42 Å². The zero-order valence-corrected chi connectivity index (χ0v) is 12.0. The number of nitrogens with zero attached hydrogens (tertiary/aromatic N) is 1. The van der Waals surface area contributed by atoms with Crippen LogP contribution in [-0.4, -0.2) is 30.5 Å². The van der Waals surface area contributed by atoms with Crippen molar-refractivity contribution in [1.82, 2.24) is 4.72 Å². The molecule has 0 aliphatic rings. The van der Waals surface area contributed by atoms with Crippen molar-refractivity contribution >= 4 is 33.3 Å². The van der Waals surface area contributed by atoms with Gasteiger partial charge in [0.1, 0.15) is 6.04 Å². The highest BCUT2D eigenvalue weighted by Crippen LogP contribution is 2.29. The maximum absolute atomic E-state index is 11.9. The van der Waals surface area contributed by atoms with Crippen LogP contribution in [0.3, 0.4) is 0 Å². The molecule has 0 aromatic heterocycles. The van der Waals surface area contributed by atoms with E-state index in [0.717, 1.165) is 19.1 Å². The number of hydrogen-bond donors (Lipinski definition) is 2. The lowest BCUT2D eigenvalue weighted by Crippen LogP contribution is -2.38. The van der Waals surface area contributed by atoms with Crippen molar-refractivity contribution in [2.75, 3.05) is 0 Å². The van der Waals surface area contributed by atoms with Crippen LogP contribution in [-0.2, 0) is 14.8 Å². The van der Waals surface area contributed by atoms with Crippen molar-refractivity contribution in [3.8, 4) is 0 Å². The molecule has 1 aromatic carbocycles. The molecule has 1 atom stereocenters. The predicted molar refractivity (Wildman–Crippen MR) is 70.3 cm³/mol. The van der Waals surface area contributed by atoms with Crippen LogP contribution in [0, 0.1) is 17.0 Å². The van der Waals surface area contributed by atoms with E-state index < -0.39 is 37.5 Å². The van der Waals surface area contributed by atoms with Gasteiger partial charge >= 0.3 is 5.97 Å². The van der Waals surface area contributed by atoms with Crippen LogP contribution in [0.25, 0.3) is 0 Å². The van der Waals surface area contributed by atoms with Crippen molar-refractivity contribution in [1.29, 1.82) is 0 Å². The van der Waals surface area contributed by atoms with E-state index in [1.807, 2.05) is 4.72 Å². The molecule has 8 nitrogen and oxygen atoms in total.